The second-order valence-corrected chi connectivity index (χ2v) is 7.09. The SMILES string of the molecule is CN1CCC(F)(F)CC1.N/N=C(\N)c1cncc(-n2ccc3cc(C=O)cnc32)c1. The van der Waals surface area contributed by atoms with Gasteiger partial charge in [0, 0.05) is 61.0 Å². The van der Waals surface area contributed by atoms with E-state index in [0.29, 0.717) is 24.2 Å². The lowest BCUT2D eigenvalue weighted by Gasteiger charge is -2.28. The van der Waals surface area contributed by atoms with Crippen molar-refractivity contribution in [3.05, 3.63) is 54.1 Å². The summed E-state index contributed by atoms with van der Waals surface area (Å²) in [6, 6.07) is 5.47. The number of pyridine rings is 2. The Balaban J connectivity index is 0.000000239. The molecule has 3 aromatic heterocycles. The maximum absolute atomic E-state index is 12.4. The van der Waals surface area contributed by atoms with E-state index in [0.717, 1.165) is 23.0 Å². The van der Waals surface area contributed by atoms with E-state index in [2.05, 4.69) is 15.1 Å². The minimum atomic E-state index is -2.38. The zero-order valence-corrected chi connectivity index (χ0v) is 16.5. The summed E-state index contributed by atoms with van der Waals surface area (Å²) < 4.78 is 26.6. The number of halogens is 2. The zero-order valence-electron chi connectivity index (χ0n) is 16.5. The normalized spacial score (nSPS) is 16.7. The number of hydrazone groups is 1. The largest absolute Gasteiger partial charge is 0.382 e. The first kappa shape index (κ1) is 21.3. The molecule has 0 aliphatic carbocycles. The number of carbonyl (C=O) groups is 1. The van der Waals surface area contributed by atoms with E-state index in [9.17, 15) is 13.6 Å². The van der Waals surface area contributed by atoms with Crippen molar-refractivity contribution in [3.63, 3.8) is 0 Å². The van der Waals surface area contributed by atoms with Gasteiger partial charge in [0.05, 0.1) is 11.9 Å². The molecule has 0 radical (unpaired) electrons. The minimum Gasteiger partial charge on any atom is -0.382 e. The fourth-order valence-electron chi connectivity index (χ4n) is 3.03. The summed E-state index contributed by atoms with van der Waals surface area (Å²) in [4.78, 5) is 21.1. The van der Waals surface area contributed by atoms with Gasteiger partial charge in [-0.05, 0) is 25.2 Å². The van der Waals surface area contributed by atoms with Crippen LogP contribution in [0, 0.1) is 0 Å². The second-order valence-electron chi connectivity index (χ2n) is 7.09. The molecule has 0 atom stereocenters. The Hall–Kier alpha value is -3.40. The number of alkyl halides is 2. The highest BCUT2D eigenvalue weighted by molar-refractivity contribution is 5.97. The lowest BCUT2D eigenvalue weighted by atomic mass is 10.1. The summed E-state index contributed by atoms with van der Waals surface area (Å²) in [6.07, 6.45) is 7.47. The van der Waals surface area contributed by atoms with Gasteiger partial charge in [0.1, 0.15) is 5.65 Å². The maximum Gasteiger partial charge on any atom is 0.250 e. The Morgan fingerprint density at radius 2 is 1.97 bits per heavy atom. The summed E-state index contributed by atoms with van der Waals surface area (Å²) in [6.45, 7) is 1.07. The Bertz CT molecular complexity index is 1050. The van der Waals surface area contributed by atoms with E-state index in [1.807, 2.05) is 34.8 Å². The number of piperidine rings is 1. The van der Waals surface area contributed by atoms with Crippen molar-refractivity contribution in [3.8, 4) is 5.69 Å². The first-order chi connectivity index (χ1) is 14.3. The first-order valence-electron chi connectivity index (χ1n) is 9.31. The van der Waals surface area contributed by atoms with Crippen molar-refractivity contribution < 1.29 is 13.6 Å². The Morgan fingerprint density at radius 3 is 2.60 bits per heavy atom. The van der Waals surface area contributed by atoms with Gasteiger partial charge < -0.3 is 16.5 Å². The summed E-state index contributed by atoms with van der Waals surface area (Å²) in [5.41, 5.74) is 8.35. The minimum absolute atomic E-state index is 0.0312. The Labute approximate surface area is 172 Å². The molecule has 0 spiro atoms. The molecule has 30 heavy (non-hydrogen) atoms. The van der Waals surface area contributed by atoms with E-state index in [-0.39, 0.29) is 18.7 Å². The quantitative estimate of drug-likeness (QED) is 0.223. The smallest absolute Gasteiger partial charge is 0.250 e. The number of rotatable bonds is 3. The molecule has 4 heterocycles. The monoisotopic (exact) mass is 415 g/mol. The molecule has 10 heteroatoms. The third-order valence-electron chi connectivity index (χ3n) is 4.84. The number of hydrogen-bond acceptors (Lipinski definition) is 6. The van der Waals surface area contributed by atoms with Gasteiger partial charge in [-0.15, -0.1) is 0 Å². The molecule has 8 nitrogen and oxygen atoms in total. The first-order valence-corrected chi connectivity index (χ1v) is 9.31. The molecule has 0 aromatic carbocycles. The molecular formula is C20H23F2N7O. The number of carbonyl (C=O) groups excluding carboxylic acids is 1. The molecule has 4 N–H and O–H groups in total. The topological polar surface area (TPSA) is 115 Å². The highest BCUT2D eigenvalue weighted by Crippen LogP contribution is 2.26. The molecule has 0 amide bonds. The predicted octanol–water partition coefficient (Wildman–Crippen LogP) is 2.16. The van der Waals surface area contributed by atoms with Crippen molar-refractivity contribution >= 4 is 23.2 Å². The van der Waals surface area contributed by atoms with Gasteiger partial charge in [0.2, 0.25) is 0 Å². The van der Waals surface area contributed by atoms with Crippen LogP contribution in [0.4, 0.5) is 8.78 Å². The lowest BCUT2D eigenvalue weighted by Crippen LogP contribution is -2.36. The highest BCUT2D eigenvalue weighted by atomic mass is 19.3. The van der Waals surface area contributed by atoms with Gasteiger partial charge >= 0.3 is 0 Å². The molecule has 0 saturated carbocycles. The number of amidine groups is 1. The maximum atomic E-state index is 12.4. The van der Waals surface area contributed by atoms with E-state index >= 15 is 0 Å². The molecule has 1 aliphatic rings. The molecule has 1 fully saturated rings. The third-order valence-corrected chi connectivity index (χ3v) is 4.84. The lowest BCUT2D eigenvalue weighted by molar-refractivity contribution is -0.0504. The summed E-state index contributed by atoms with van der Waals surface area (Å²) in [5.74, 6) is 3.00. The van der Waals surface area contributed by atoms with E-state index in [1.54, 1.807) is 18.5 Å². The summed E-state index contributed by atoms with van der Waals surface area (Å²) in [7, 11) is 1.87. The van der Waals surface area contributed by atoms with Crippen LogP contribution in [0.1, 0.15) is 28.8 Å². The van der Waals surface area contributed by atoms with Crippen LogP contribution in [-0.2, 0) is 0 Å². The van der Waals surface area contributed by atoms with Crippen LogP contribution in [0.3, 0.4) is 0 Å². The van der Waals surface area contributed by atoms with E-state index < -0.39 is 5.92 Å². The zero-order chi connectivity index (χ0) is 21.7. The van der Waals surface area contributed by atoms with Crippen molar-refractivity contribution in [1.82, 2.24) is 19.4 Å². The number of nitrogens with zero attached hydrogens (tertiary/aromatic N) is 5. The average molecular weight is 415 g/mol. The molecule has 0 bridgehead atoms. The van der Waals surface area contributed by atoms with E-state index in [1.165, 1.54) is 6.20 Å². The average Bonchev–Trinajstić information content (AvgIpc) is 3.19. The van der Waals surface area contributed by atoms with Crippen LogP contribution >= 0.6 is 0 Å². The van der Waals surface area contributed by atoms with Crippen molar-refractivity contribution in [2.45, 2.75) is 18.8 Å². The predicted molar refractivity (Wildman–Crippen MR) is 111 cm³/mol. The third kappa shape index (κ3) is 4.95. The van der Waals surface area contributed by atoms with Gasteiger partial charge in [0.25, 0.3) is 5.92 Å². The molecule has 3 aromatic rings. The highest BCUT2D eigenvalue weighted by Gasteiger charge is 2.32. The molecular weight excluding hydrogens is 392 g/mol. The molecule has 4 rings (SSSR count). The number of aromatic nitrogens is 3. The van der Waals surface area contributed by atoms with Crippen LogP contribution in [0.2, 0.25) is 0 Å². The number of fused-ring (bicyclic) bond motifs is 1. The number of hydrogen-bond donors (Lipinski definition) is 2. The van der Waals surface area contributed by atoms with Crippen LogP contribution in [0.25, 0.3) is 16.7 Å². The van der Waals surface area contributed by atoms with Crippen LogP contribution in [0.15, 0.2) is 48.1 Å². The van der Waals surface area contributed by atoms with Gasteiger partial charge in [-0.25, -0.2) is 13.8 Å². The Morgan fingerprint density at radius 1 is 1.23 bits per heavy atom. The standard InChI is InChI=1S/C14H12N6O.C6H11F2N/c15-13(19-16)11-4-12(7-17-6-11)20-2-1-10-3-9(8-21)5-18-14(10)20;1-9-4-2-6(7,8)3-5-9/h1-8H,16H2,(H2,15,19);2-5H2,1H3. The van der Waals surface area contributed by atoms with Gasteiger partial charge in [-0.3, -0.25) is 14.3 Å². The fourth-order valence-corrected chi connectivity index (χ4v) is 3.03. The summed E-state index contributed by atoms with van der Waals surface area (Å²) >= 11 is 0. The van der Waals surface area contributed by atoms with Crippen molar-refractivity contribution in [1.29, 1.82) is 0 Å². The van der Waals surface area contributed by atoms with E-state index in [4.69, 9.17) is 11.6 Å². The Kier molecular flexibility index (Phi) is 6.36. The molecule has 158 valence electrons. The fraction of sp³-hybridized carbons (Fsp3) is 0.300. The number of likely N-dealkylation sites (tertiary alicyclic amines) is 1. The van der Waals surface area contributed by atoms with Gasteiger partial charge in [0.15, 0.2) is 12.1 Å². The van der Waals surface area contributed by atoms with Gasteiger partial charge in [-0.1, -0.05) is 0 Å². The summed E-state index contributed by atoms with van der Waals surface area (Å²) in [5, 5.41) is 4.32. The van der Waals surface area contributed by atoms with Crippen LogP contribution < -0.4 is 11.6 Å². The second kappa shape index (κ2) is 8.95. The van der Waals surface area contributed by atoms with Crippen molar-refractivity contribution in [2.75, 3.05) is 20.1 Å². The van der Waals surface area contributed by atoms with Gasteiger partial charge in [-0.2, -0.15) is 5.10 Å². The number of nitrogens with two attached hydrogens (primary N) is 2. The van der Waals surface area contributed by atoms with Crippen LogP contribution in [0.5, 0.6) is 0 Å². The molecule has 1 aliphatic heterocycles. The van der Waals surface area contributed by atoms with Crippen LogP contribution in [-0.4, -0.2) is 57.6 Å². The molecule has 1 saturated heterocycles. The molecule has 0 unspecified atom stereocenters. The van der Waals surface area contributed by atoms with Crippen molar-refractivity contribution in [2.24, 2.45) is 16.7 Å². The number of aldehydes is 1.